The number of carbonyl (C=O) groups excluding carboxylic acids is 1. The molecule has 0 aliphatic carbocycles. The highest BCUT2D eigenvalue weighted by molar-refractivity contribution is 6.30. The highest BCUT2D eigenvalue weighted by atomic mass is 35.5. The fourth-order valence-corrected chi connectivity index (χ4v) is 1.60. The number of nitro groups is 1. The largest absolute Gasteiger partial charge is 0.383 e. The number of pyridine rings is 1. The van der Waals surface area contributed by atoms with Crippen molar-refractivity contribution < 1.29 is 9.72 Å². The van der Waals surface area contributed by atoms with E-state index >= 15 is 0 Å². The van der Waals surface area contributed by atoms with Gasteiger partial charge < -0.3 is 11.1 Å². The number of aromatic nitrogens is 1. The van der Waals surface area contributed by atoms with Crippen LogP contribution < -0.4 is 11.1 Å². The molecule has 102 valence electrons. The van der Waals surface area contributed by atoms with Gasteiger partial charge >= 0.3 is 0 Å². The molecule has 2 rings (SSSR count). The summed E-state index contributed by atoms with van der Waals surface area (Å²) in [5.41, 5.74) is 5.68. The van der Waals surface area contributed by atoms with Crippen LogP contribution >= 0.6 is 11.6 Å². The van der Waals surface area contributed by atoms with Crippen LogP contribution in [0.5, 0.6) is 0 Å². The third-order valence-electron chi connectivity index (χ3n) is 2.46. The maximum Gasteiger partial charge on any atom is 0.288 e. The molecular formula is C12H9ClN4O3. The van der Waals surface area contributed by atoms with Crippen molar-refractivity contribution >= 4 is 34.7 Å². The maximum atomic E-state index is 12.0. The Bertz CT molecular complexity index is 673. The molecule has 1 aromatic carbocycles. The fraction of sp³-hybridized carbons (Fsp3) is 0. The lowest BCUT2D eigenvalue weighted by Gasteiger charge is -2.06. The third-order valence-corrected chi connectivity index (χ3v) is 2.71. The number of nitrogens with two attached hydrogens (primary N) is 1. The highest BCUT2D eigenvalue weighted by Crippen LogP contribution is 2.19. The molecule has 1 aromatic heterocycles. The van der Waals surface area contributed by atoms with Gasteiger partial charge in [0, 0.05) is 16.8 Å². The van der Waals surface area contributed by atoms with Gasteiger partial charge in [0.2, 0.25) is 0 Å². The molecule has 7 nitrogen and oxygen atoms in total. The van der Waals surface area contributed by atoms with Crippen LogP contribution in [0.4, 0.5) is 17.2 Å². The Morgan fingerprint density at radius 2 is 2.00 bits per heavy atom. The van der Waals surface area contributed by atoms with Crippen LogP contribution in [0, 0.1) is 10.1 Å². The summed E-state index contributed by atoms with van der Waals surface area (Å²) in [6.45, 7) is 0. The second-order valence-corrected chi connectivity index (χ2v) is 4.28. The van der Waals surface area contributed by atoms with E-state index < -0.39 is 10.8 Å². The Balaban J connectivity index is 2.26. The van der Waals surface area contributed by atoms with Gasteiger partial charge in [-0.05, 0) is 24.3 Å². The van der Waals surface area contributed by atoms with Gasteiger partial charge in [0.15, 0.2) is 0 Å². The van der Waals surface area contributed by atoms with E-state index in [1.807, 2.05) is 0 Å². The van der Waals surface area contributed by atoms with Gasteiger partial charge in [-0.3, -0.25) is 14.9 Å². The third kappa shape index (κ3) is 3.01. The fourth-order valence-electron chi connectivity index (χ4n) is 1.48. The summed E-state index contributed by atoms with van der Waals surface area (Å²) in [5.74, 6) is -0.664. The van der Waals surface area contributed by atoms with E-state index in [4.69, 9.17) is 17.3 Å². The molecular weight excluding hydrogens is 284 g/mol. The van der Waals surface area contributed by atoms with Crippen molar-refractivity contribution in [1.82, 2.24) is 4.98 Å². The van der Waals surface area contributed by atoms with Crippen molar-refractivity contribution in [2.75, 3.05) is 11.1 Å². The molecule has 8 heteroatoms. The van der Waals surface area contributed by atoms with Crippen molar-refractivity contribution in [3.05, 3.63) is 57.2 Å². The number of halogens is 1. The predicted molar refractivity (Wildman–Crippen MR) is 74.7 cm³/mol. The van der Waals surface area contributed by atoms with E-state index in [1.54, 1.807) is 24.3 Å². The maximum absolute atomic E-state index is 12.0. The van der Waals surface area contributed by atoms with E-state index in [2.05, 4.69) is 10.3 Å². The summed E-state index contributed by atoms with van der Waals surface area (Å²) in [5, 5.41) is 13.7. The molecule has 20 heavy (non-hydrogen) atoms. The lowest BCUT2D eigenvalue weighted by molar-refractivity contribution is -0.385. The molecule has 0 spiro atoms. The number of nitrogen functional groups attached to an aromatic ring is 1. The molecule has 0 radical (unpaired) electrons. The summed E-state index contributed by atoms with van der Waals surface area (Å²) < 4.78 is 0. The van der Waals surface area contributed by atoms with Crippen LogP contribution in [-0.2, 0) is 0 Å². The summed E-state index contributed by atoms with van der Waals surface area (Å²) in [6, 6.07) is 7.48. The molecule has 1 heterocycles. The normalized spacial score (nSPS) is 10.1. The molecule has 0 saturated heterocycles. The van der Waals surface area contributed by atoms with Gasteiger partial charge in [-0.15, -0.1) is 0 Å². The van der Waals surface area contributed by atoms with Crippen LogP contribution in [0.15, 0.2) is 36.5 Å². The van der Waals surface area contributed by atoms with Gasteiger partial charge in [-0.2, -0.15) is 0 Å². The average molecular weight is 293 g/mol. The molecule has 1 amide bonds. The van der Waals surface area contributed by atoms with Crippen molar-refractivity contribution in [1.29, 1.82) is 0 Å². The zero-order valence-corrected chi connectivity index (χ0v) is 10.8. The summed E-state index contributed by atoms with van der Waals surface area (Å²) >= 11 is 5.73. The quantitative estimate of drug-likeness (QED) is 0.667. The van der Waals surface area contributed by atoms with Crippen LogP contribution in [0.25, 0.3) is 0 Å². The van der Waals surface area contributed by atoms with Crippen LogP contribution in [0.3, 0.4) is 0 Å². The van der Waals surface area contributed by atoms with Crippen LogP contribution in [0.1, 0.15) is 10.4 Å². The van der Waals surface area contributed by atoms with E-state index in [1.165, 1.54) is 0 Å². The lowest BCUT2D eigenvalue weighted by atomic mass is 10.2. The number of hydrogen-bond donors (Lipinski definition) is 2. The topological polar surface area (TPSA) is 111 Å². The van der Waals surface area contributed by atoms with E-state index in [9.17, 15) is 14.9 Å². The number of rotatable bonds is 3. The minimum Gasteiger partial charge on any atom is -0.383 e. The number of anilines is 2. The first kappa shape index (κ1) is 13.8. The average Bonchev–Trinajstić information content (AvgIpc) is 2.41. The Morgan fingerprint density at radius 1 is 1.35 bits per heavy atom. The summed E-state index contributed by atoms with van der Waals surface area (Å²) in [6.07, 6.45) is 0.994. The monoisotopic (exact) mass is 292 g/mol. The van der Waals surface area contributed by atoms with Crippen molar-refractivity contribution in [3.63, 3.8) is 0 Å². The molecule has 0 unspecified atom stereocenters. The Kier molecular flexibility index (Phi) is 3.81. The molecule has 0 fully saturated rings. The Morgan fingerprint density at radius 3 is 2.60 bits per heavy atom. The van der Waals surface area contributed by atoms with E-state index in [0.29, 0.717) is 10.7 Å². The first-order valence-electron chi connectivity index (χ1n) is 5.44. The van der Waals surface area contributed by atoms with Gasteiger partial charge in [0.05, 0.1) is 10.5 Å². The van der Waals surface area contributed by atoms with Crippen LogP contribution in [0.2, 0.25) is 5.02 Å². The second kappa shape index (κ2) is 5.54. The molecule has 0 atom stereocenters. The van der Waals surface area contributed by atoms with Crippen LogP contribution in [-0.4, -0.2) is 15.8 Å². The minimum absolute atomic E-state index is 0.0610. The molecule has 2 aromatic rings. The number of amides is 1. The molecule has 0 saturated carbocycles. The Hall–Kier alpha value is -2.67. The van der Waals surface area contributed by atoms with Crippen molar-refractivity contribution in [2.45, 2.75) is 0 Å². The zero-order valence-electron chi connectivity index (χ0n) is 10.0. The van der Waals surface area contributed by atoms with Gasteiger partial charge in [0.1, 0.15) is 12.0 Å². The minimum atomic E-state index is -0.647. The molecule has 0 bridgehead atoms. The number of nitrogens with one attached hydrogen (secondary N) is 1. The number of hydrogen-bond acceptors (Lipinski definition) is 5. The standard InChI is InChI=1S/C12H9ClN4O3/c13-7-1-3-8(4-2-7)16-12(18)10-5-9(17(19)20)6-15-11(10)14/h1-6H,(H2,14,15)(H,16,18). The first-order valence-corrected chi connectivity index (χ1v) is 5.82. The second-order valence-electron chi connectivity index (χ2n) is 3.84. The highest BCUT2D eigenvalue weighted by Gasteiger charge is 2.16. The van der Waals surface area contributed by atoms with Gasteiger partial charge in [0.25, 0.3) is 11.6 Å². The van der Waals surface area contributed by atoms with Gasteiger partial charge in [-0.1, -0.05) is 11.6 Å². The molecule has 0 aliphatic heterocycles. The van der Waals surface area contributed by atoms with E-state index in [-0.39, 0.29) is 17.1 Å². The lowest BCUT2D eigenvalue weighted by Crippen LogP contribution is -2.15. The number of nitrogens with zero attached hydrogens (tertiary/aromatic N) is 2. The zero-order chi connectivity index (χ0) is 14.7. The smallest absolute Gasteiger partial charge is 0.288 e. The summed E-state index contributed by atoms with van der Waals surface area (Å²) in [4.78, 5) is 25.7. The Labute approximate surface area is 118 Å². The summed E-state index contributed by atoms with van der Waals surface area (Å²) in [7, 11) is 0. The SMILES string of the molecule is Nc1ncc([N+](=O)[O-])cc1C(=O)Nc1ccc(Cl)cc1. The molecule has 3 N–H and O–H groups in total. The predicted octanol–water partition coefficient (Wildman–Crippen LogP) is 2.48. The first-order chi connectivity index (χ1) is 9.47. The van der Waals surface area contributed by atoms with Crippen molar-refractivity contribution in [3.8, 4) is 0 Å². The van der Waals surface area contributed by atoms with E-state index in [0.717, 1.165) is 12.3 Å². The van der Waals surface area contributed by atoms with Crippen molar-refractivity contribution in [2.24, 2.45) is 0 Å². The molecule has 0 aliphatic rings. The number of benzene rings is 1. The van der Waals surface area contributed by atoms with Gasteiger partial charge in [-0.25, -0.2) is 4.98 Å². The number of carbonyl (C=O) groups is 1.